The quantitative estimate of drug-likeness (QED) is 0.618. The van der Waals surface area contributed by atoms with Crippen LogP contribution in [-0.4, -0.2) is 13.1 Å². The number of rotatable bonds is 3. The van der Waals surface area contributed by atoms with Crippen molar-refractivity contribution in [1.82, 2.24) is 0 Å². The predicted octanol–water partition coefficient (Wildman–Crippen LogP) is 3.54. The maximum absolute atomic E-state index is 12.1. The highest BCUT2D eigenvalue weighted by Gasteiger charge is 2.48. The normalized spacial score (nSPS) is 13.5. The van der Waals surface area contributed by atoms with E-state index in [2.05, 4.69) is 4.85 Å². The topological polar surface area (TPSA) is 30.7 Å². The monoisotopic (exact) mass is 253 g/mol. The molecular weight excluding hydrogens is 238 g/mol. The lowest BCUT2D eigenvalue weighted by Gasteiger charge is -2.19. The molecule has 0 fully saturated rings. The van der Waals surface area contributed by atoms with Gasteiger partial charge in [0, 0.05) is 6.42 Å². The van der Waals surface area contributed by atoms with E-state index in [-0.39, 0.29) is 0 Å². The summed E-state index contributed by atoms with van der Waals surface area (Å²) in [6, 6.07) is 13.4. The van der Waals surface area contributed by atoms with Gasteiger partial charge in [0.1, 0.15) is 0 Å². The van der Waals surface area contributed by atoms with Crippen LogP contribution in [0.4, 0.5) is 0 Å². The number of benzene rings is 2. The van der Waals surface area contributed by atoms with Crippen LogP contribution < -0.4 is 0 Å². The number of carbonyl (C=O) groups excluding carboxylic acids is 1. The highest BCUT2D eigenvalue weighted by atomic mass is 16.5. The fourth-order valence-corrected chi connectivity index (χ4v) is 2.38. The van der Waals surface area contributed by atoms with Gasteiger partial charge in [0.25, 0.3) is 0 Å². The Hall–Kier alpha value is -2.34. The molecule has 2 aromatic carbocycles. The van der Waals surface area contributed by atoms with Gasteiger partial charge in [0.05, 0.1) is 12.7 Å². The Morgan fingerprint density at radius 1 is 1.26 bits per heavy atom. The second-order valence-corrected chi connectivity index (χ2v) is 4.34. The molecular formula is C16H15NO2. The standard InChI is InChI=1S/C16H15NO2/c1-4-16(17-2,15(18)19-3)14-11-7-9-12-8-5-6-10-13(12)14/h5-11H,4H2,1,3H3. The van der Waals surface area contributed by atoms with E-state index in [4.69, 9.17) is 11.3 Å². The van der Waals surface area contributed by atoms with E-state index in [1.807, 2.05) is 49.4 Å². The highest BCUT2D eigenvalue weighted by Crippen LogP contribution is 2.36. The zero-order valence-electron chi connectivity index (χ0n) is 11.0. The Morgan fingerprint density at radius 2 is 1.95 bits per heavy atom. The summed E-state index contributed by atoms with van der Waals surface area (Å²) in [5, 5.41) is 1.94. The van der Waals surface area contributed by atoms with Gasteiger partial charge in [-0.15, -0.1) is 0 Å². The lowest BCUT2D eigenvalue weighted by atomic mass is 9.84. The van der Waals surface area contributed by atoms with Crippen molar-refractivity contribution in [2.45, 2.75) is 18.9 Å². The summed E-state index contributed by atoms with van der Waals surface area (Å²) in [5.74, 6) is -0.499. The van der Waals surface area contributed by atoms with Crippen molar-refractivity contribution in [3.8, 4) is 0 Å². The molecule has 96 valence electrons. The largest absolute Gasteiger partial charge is 0.463 e. The molecule has 0 amide bonds. The molecule has 2 aromatic rings. The SMILES string of the molecule is [C-]#[N+]C(CC)(C(=O)OC)c1cccc2ccccc12. The Labute approximate surface area is 112 Å². The number of hydrogen-bond donors (Lipinski definition) is 0. The number of ether oxygens (including phenoxy) is 1. The third kappa shape index (κ3) is 1.96. The summed E-state index contributed by atoms with van der Waals surface area (Å²) in [4.78, 5) is 15.7. The number of carbonyl (C=O) groups is 1. The molecule has 3 nitrogen and oxygen atoms in total. The number of hydrogen-bond acceptors (Lipinski definition) is 2. The van der Waals surface area contributed by atoms with E-state index in [1.165, 1.54) is 7.11 Å². The molecule has 0 bridgehead atoms. The van der Waals surface area contributed by atoms with Gasteiger partial charge in [-0.05, 0) is 16.8 Å². The summed E-state index contributed by atoms with van der Waals surface area (Å²) in [7, 11) is 1.32. The Morgan fingerprint density at radius 3 is 2.58 bits per heavy atom. The number of fused-ring (bicyclic) bond motifs is 1. The van der Waals surface area contributed by atoms with Gasteiger partial charge in [-0.3, -0.25) is 4.85 Å². The smallest absolute Gasteiger partial charge is 0.398 e. The molecule has 0 aliphatic heterocycles. The Balaban J connectivity index is 2.78. The average molecular weight is 253 g/mol. The molecule has 3 heteroatoms. The fourth-order valence-electron chi connectivity index (χ4n) is 2.38. The first kappa shape index (κ1) is 13.1. The number of esters is 1. The zero-order valence-corrected chi connectivity index (χ0v) is 11.0. The summed E-state index contributed by atoms with van der Waals surface area (Å²) in [6.45, 7) is 9.31. The van der Waals surface area contributed by atoms with Crippen molar-refractivity contribution < 1.29 is 9.53 Å². The van der Waals surface area contributed by atoms with Crippen LogP contribution in [0.5, 0.6) is 0 Å². The third-order valence-corrected chi connectivity index (χ3v) is 3.46. The molecule has 0 aromatic heterocycles. The van der Waals surface area contributed by atoms with Crippen molar-refractivity contribution in [2.24, 2.45) is 0 Å². The van der Waals surface area contributed by atoms with Gasteiger partial charge < -0.3 is 4.74 Å². The van der Waals surface area contributed by atoms with Crippen LogP contribution in [-0.2, 0) is 15.1 Å². The summed E-state index contributed by atoms with van der Waals surface area (Å²) in [6.07, 6.45) is 0.386. The van der Waals surface area contributed by atoms with Gasteiger partial charge in [-0.1, -0.05) is 43.3 Å². The first-order valence-electron chi connectivity index (χ1n) is 6.15. The molecule has 0 aliphatic rings. The minimum absolute atomic E-state index is 0.386. The highest BCUT2D eigenvalue weighted by molar-refractivity contribution is 5.94. The van der Waals surface area contributed by atoms with Crippen LogP contribution in [0.15, 0.2) is 42.5 Å². The average Bonchev–Trinajstić information content (AvgIpc) is 2.49. The molecule has 0 spiro atoms. The minimum Gasteiger partial charge on any atom is -0.463 e. The van der Waals surface area contributed by atoms with Crippen LogP contribution in [0.3, 0.4) is 0 Å². The molecule has 0 heterocycles. The Bertz CT molecular complexity index is 652. The van der Waals surface area contributed by atoms with E-state index in [9.17, 15) is 4.79 Å². The first-order valence-corrected chi connectivity index (χ1v) is 6.15. The van der Waals surface area contributed by atoms with Crippen molar-refractivity contribution in [2.75, 3.05) is 7.11 Å². The van der Waals surface area contributed by atoms with E-state index in [1.54, 1.807) is 0 Å². The molecule has 0 saturated carbocycles. The predicted molar refractivity (Wildman–Crippen MR) is 74.5 cm³/mol. The lowest BCUT2D eigenvalue weighted by Crippen LogP contribution is -2.33. The van der Waals surface area contributed by atoms with Crippen LogP contribution in [0, 0.1) is 6.57 Å². The minimum atomic E-state index is -1.25. The van der Waals surface area contributed by atoms with E-state index in [0.717, 1.165) is 16.3 Å². The van der Waals surface area contributed by atoms with Crippen LogP contribution in [0.2, 0.25) is 0 Å². The van der Waals surface area contributed by atoms with Crippen LogP contribution in [0.25, 0.3) is 15.6 Å². The Kier molecular flexibility index (Phi) is 3.52. The van der Waals surface area contributed by atoms with Gasteiger partial charge in [-0.25, -0.2) is 11.4 Å². The van der Waals surface area contributed by atoms with Crippen molar-refractivity contribution in [3.05, 3.63) is 59.4 Å². The third-order valence-electron chi connectivity index (χ3n) is 3.46. The van der Waals surface area contributed by atoms with Gasteiger partial charge in [0.15, 0.2) is 0 Å². The molecule has 1 unspecified atom stereocenters. The van der Waals surface area contributed by atoms with E-state index in [0.29, 0.717) is 6.42 Å². The number of nitrogens with zero attached hydrogens (tertiary/aromatic N) is 1. The molecule has 0 saturated heterocycles. The zero-order chi connectivity index (χ0) is 13.9. The maximum atomic E-state index is 12.1. The van der Waals surface area contributed by atoms with Crippen molar-refractivity contribution >= 4 is 16.7 Å². The molecule has 1 atom stereocenters. The molecule has 19 heavy (non-hydrogen) atoms. The summed E-state index contributed by atoms with van der Waals surface area (Å²) in [5.41, 5.74) is -0.537. The van der Waals surface area contributed by atoms with E-state index < -0.39 is 11.5 Å². The second kappa shape index (κ2) is 5.11. The van der Waals surface area contributed by atoms with Gasteiger partial charge in [0.2, 0.25) is 0 Å². The van der Waals surface area contributed by atoms with Crippen LogP contribution in [0.1, 0.15) is 18.9 Å². The maximum Gasteiger partial charge on any atom is 0.398 e. The van der Waals surface area contributed by atoms with Crippen molar-refractivity contribution in [1.29, 1.82) is 0 Å². The molecule has 0 N–H and O–H groups in total. The van der Waals surface area contributed by atoms with Gasteiger partial charge in [-0.2, -0.15) is 0 Å². The lowest BCUT2D eigenvalue weighted by molar-refractivity contribution is -0.145. The first-order chi connectivity index (χ1) is 9.19. The van der Waals surface area contributed by atoms with Crippen LogP contribution >= 0.6 is 0 Å². The summed E-state index contributed by atoms with van der Waals surface area (Å²) < 4.78 is 4.85. The second-order valence-electron chi connectivity index (χ2n) is 4.34. The molecule has 0 aliphatic carbocycles. The molecule has 2 rings (SSSR count). The van der Waals surface area contributed by atoms with Crippen molar-refractivity contribution in [3.63, 3.8) is 0 Å². The molecule has 0 radical (unpaired) electrons. The summed E-state index contributed by atoms with van der Waals surface area (Å²) >= 11 is 0. The van der Waals surface area contributed by atoms with E-state index >= 15 is 0 Å². The number of methoxy groups -OCH3 is 1. The van der Waals surface area contributed by atoms with Gasteiger partial charge >= 0.3 is 11.5 Å². The fraction of sp³-hybridized carbons (Fsp3) is 0.250.